The highest BCUT2D eigenvalue weighted by Gasteiger charge is 2.31. The van der Waals surface area contributed by atoms with Crippen molar-refractivity contribution in [1.29, 1.82) is 0 Å². The lowest BCUT2D eigenvalue weighted by atomic mass is 10.0. The standard InChI is InChI=1S/C19H14ClF3N2O2/c1-10-14-8-12(20)9-15(17(14)25-7-6-24-18(26)16(10)25)11-2-4-13(5-3-11)27-19(21,22)23/h2-5,8-9H,6-7H2,1H3,(H,24,26). The van der Waals surface area contributed by atoms with Gasteiger partial charge in [-0.3, -0.25) is 4.79 Å². The molecule has 4 rings (SSSR count). The minimum absolute atomic E-state index is 0.147. The van der Waals surface area contributed by atoms with Crippen LogP contribution in [0.15, 0.2) is 36.4 Å². The molecule has 1 amide bonds. The maximum atomic E-state index is 12.4. The zero-order valence-corrected chi connectivity index (χ0v) is 14.9. The van der Waals surface area contributed by atoms with E-state index in [1.165, 1.54) is 12.1 Å². The Morgan fingerprint density at radius 3 is 2.56 bits per heavy atom. The lowest BCUT2D eigenvalue weighted by Crippen LogP contribution is -2.35. The highest BCUT2D eigenvalue weighted by molar-refractivity contribution is 6.32. The molecule has 1 aromatic heterocycles. The third kappa shape index (κ3) is 3.12. The normalized spacial score (nSPS) is 14.2. The number of ether oxygens (including phenoxy) is 1. The van der Waals surface area contributed by atoms with Gasteiger partial charge in [-0.15, -0.1) is 13.2 Å². The van der Waals surface area contributed by atoms with Crippen molar-refractivity contribution in [3.63, 3.8) is 0 Å². The second-order valence-electron chi connectivity index (χ2n) is 6.30. The first-order valence-electron chi connectivity index (χ1n) is 8.21. The lowest BCUT2D eigenvalue weighted by molar-refractivity contribution is -0.274. The van der Waals surface area contributed by atoms with Gasteiger partial charge >= 0.3 is 6.36 Å². The number of alkyl halides is 3. The van der Waals surface area contributed by atoms with E-state index in [0.29, 0.717) is 29.4 Å². The molecule has 0 bridgehead atoms. The Balaban J connectivity index is 1.89. The third-order valence-electron chi connectivity index (χ3n) is 4.61. The van der Waals surface area contributed by atoms with Crippen LogP contribution in [0.25, 0.3) is 22.0 Å². The number of carbonyl (C=O) groups is 1. The number of hydrogen-bond donors (Lipinski definition) is 1. The molecule has 1 aliphatic heterocycles. The summed E-state index contributed by atoms with van der Waals surface area (Å²) < 4.78 is 43.0. The first kappa shape index (κ1) is 17.7. The number of fused-ring (bicyclic) bond motifs is 3. The van der Waals surface area contributed by atoms with Crippen molar-refractivity contribution in [3.05, 3.63) is 52.7 Å². The van der Waals surface area contributed by atoms with E-state index in [0.717, 1.165) is 22.0 Å². The van der Waals surface area contributed by atoms with Crippen LogP contribution in [0.2, 0.25) is 5.02 Å². The predicted octanol–water partition coefficient (Wildman–Crippen LogP) is 4.91. The quantitative estimate of drug-likeness (QED) is 0.671. The Hall–Kier alpha value is -2.67. The fourth-order valence-corrected chi connectivity index (χ4v) is 3.77. The van der Waals surface area contributed by atoms with Crippen LogP contribution in [0.3, 0.4) is 0 Å². The monoisotopic (exact) mass is 394 g/mol. The van der Waals surface area contributed by atoms with Crippen molar-refractivity contribution in [3.8, 4) is 16.9 Å². The molecule has 0 unspecified atom stereocenters. The summed E-state index contributed by atoms with van der Waals surface area (Å²) in [5.41, 5.74) is 3.68. The molecule has 4 nitrogen and oxygen atoms in total. The summed E-state index contributed by atoms with van der Waals surface area (Å²) in [6.45, 7) is 2.98. The molecule has 3 aromatic rings. The van der Waals surface area contributed by atoms with Crippen LogP contribution in [0.1, 0.15) is 16.1 Å². The summed E-state index contributed by atoms with van der Waals surface area (Å²) >= 11 is 6.28. The number of aromatic nitrogens is 1. The molecule has 8 heteroatoms. The first-order valence-corrected chi connectivity index (χ1v) is 8.59. The van der Waals surface area contributed by atoms with E-state index < -0.39 is 6.36 Å². The van der Waals surface area contributed by atoms with E-state index in [-0.39, 0.29) is 11.7 Å². The second-order valence-corrected chi connectivity index (χ2v) is 6.74. The molecule has 0 saturated carbocycles. The Kier molecular flexibility index (Phi) is 4.07. The number of aryl methyl sites for hydroxylation is 1. The molecule has 0 spiro atoms. The minimum atomic E-state index is -4.74. The van der Waals surface area contributed by atoms with E-state index in [4.69, 9.17) is 11.6 Å². The van der Waals surface area contributed by atoms with Gasteiger partial charge in [-0.05, 0) is 42.3 Å². The highest BCUT2D eigenvalue weighted by atomic mass is 35.5. The molecule has 0 aliphatic carbocycles. The predicted molar refractivity (Wildman–Crippen MR) is 96.1 cm³/mol. The van der Waals surface area contributed by atoms with Gasteiger partial charge in [0, 0.05) is 29.1 Å². The summed E-state index contributed by atoms with van der Waals surface area (Å²) in [4.78, 5) is 12.3. The molecule has 27 heavy (non-hydrogen) atoms. The first-order chi connectivity index (χ1) is 12.7. The summed E-state index contributed by atoms with van der Waals surface area (Å²) in [5.74, 6) is -0.441. The lowest BCUT2D eigenvalue weighted by Gasteiger charge is -2.18. The molecule has 1 aliphatic rings. The Bertz CT molecular complexity index is 1060. The van der Waals surface area contributed by atoms with Crippen molar-refractivity contribution < 1.29 is 22.7 Å². The summed E-state index contributed by atoms with van der Waals surface area (Å²) in [6.07, 6.45) is -4.74. The molecule has 0 atom stereocenters. The van der Waals surface area contributed by atoms with Gasteiger partial charge in [0.25, 0.3) is 5.91 Å². The number of benzene rings is 2. The third-order valence-corrected chi connectivity index (χ3v) is 4.83. The van der Waals surface area contributed by atoms with Crippen molar-refractivity contribution in [2.75, 3.05) is 6.54 Å². The number of carbonyl (C=O) groups excluding carboxylic acids is 1. The molecule has 140 valence electrons. The maximum absolute atomic E-state index is 12.4. The van der Waals surface area contributed by atoms with Gasteiger partial charge in [-0.25, -0.2) is 0 Å². The number of amides is 1. The largest absolute Gasteiger partial charge is 0.573 e. The SMILES string of the molecule is Cc1c2n(c3c(-c4ccc(OC(F)(F)F)cc4)cc(Cl)cc13)CCNC2=O. The number of hydrogen-bond acceptors (Lipinski definition) is 2. The van der Waals surface area contributed by atoms with Crippen molar-refractivity contribution >= 4 is 28.4 Å². The van der Waals surface area contributed by atoms with Crippen LogP contribution in [0.5, 0.6) is 5.75 Å². The van der Waals surface area contributed by atoms with Gasteiger partial charge in [0.05, 0.1) is 5.52 Å². The second kappa shape index (κ2) is 6.20. The minimum Gasteiger partial charge on any atom is -0.406 e. The fraction of sp³-hybridized carbons (Fsp3) is 0.211. The maximum Gasteiger partial charge on any atom is 0.573 e. The van der Waals surface area contributed by atoms with Gasteiger partial charge in [0.1, 0.15) is 11.4 Å². The smallest absolute Gasteiger partial charge is 0.406 e. The molecule has 2 heterocycles. The van der Waals surface area contributed by atoms with E-state index in [9.17, 15) is 18.0 Å². The highest BCUT2D eigenvalue weighted by Crippen LogP contribution is 2.38. The van der Waals surface area contributed by atoms with E-state index in [1.54, 1.807) is 24.3 Å². The molecular weight excluding hydrogens is 381 g/mol. The molecule has 0 fully saturated rings. The molecule has 2 aromatic carbocycles. The number of nitrogens with one attached hydrogen (secondary N) is 1. The Morgan fingerprint density at radius 2 is 1.89 bits per heavy atom. The number of halogens is 4. The summed E-state index contributed by atoms with van der Waals surface area (Å²) in [5, 5.41) is 4.16. The van der Waals surface area contributed by atoms with Crippen LogP contribution in [-0.4, -0.2) is 23.4 Å². The zero-order valence-electron chi connectivity index (χ0n) is 14.2. The van der Waals surface area contributed by atoms with Crippen LogP contribution >= 0.6 is 11.6 Å². The molecular formula is C19H14ClF3N2O2. The number of nitrogens with zero attached hydrogens (tertiary/aromatic N) is 1. The van der Waals surface area contributed by atoms with Crippen LogP contribution in [0, 0.1) is 6.92 Å². The van der Waals surface area contributed by atoms with Crippen LogP contribution < -0.4 is 10.1 Å². The van der Waals surface area contributed by atoms with E-state index in [1.807, 2.05) is 11.5 Å². The van der Waals surface area contributed by atoms with Crippen molar-refractivity contribution in [2.24, 2.45) is 0 Å². The van der Waals surface area contributed by atoms with E-state index >= 15 is 0 Å². The average Bonchev–Trinajstić information content (AvgIpc) is 2.87. The van der Waals surface area contributed by atoms with Crippen LogP contribution in [-0.2, 0) is 6.54 Å². The summed E-state index contributed by atoms with van der Waals surface area (Å²) in [7, 11) is 0. The van der Waals surface area contributed by atoms with Gasteiger partial charge in [-0.2, -0.15) is 0 Å². The van der Waals surface area contributed by atoms with Gasteiger partial charge in [0.15, 0.2) is 0 Å². The van der Waals surface area contributed by atoms with Crippen molar-refractivity contribution in [2.45, 2.75) is 19.8 Å². The van der Waals surface area contributed by atoms with Crippen LogP contribution in [0.4, 0.5) is 13.2 Å². The Morgan fingerprint density at radius 1 is 1.19 bits per heavy atom. The Labute approximate surface area is 157 Å². The van der Waals surface area contributed by atoms with E-state index in [2.05, 4.69) is 10.1 Å². The van der Waals surface area contributed by atoms with Crippen molar-refractivity contribution in [1.82, 2.24) is 9.88 Å². The number of rotatable bonds is 2. The topological polar surface area (TPSA) is 43.3 Å². The molecule has 1 N–H and O–H groups in total. The van der Waals surface area contributed by atoms with Gasteiger partial charge in [-0.1, -0.05) is 23.7 Å². The summed E-state index contributed by atoms with van der Waals surface area (Å²) in [6, 6.07) is 9.16. The molecule has 0 radical (unpaired) electrons. The molecule has 0 saturated heterocycles. The zero-order chi connectivity index (χ0) is 19.3. The van der Waals surface area contributed by atoms with Gasteiger partial charge in [0.2, 0.25) is 0 Å². The average molecular weight is 395 g/mol. The van der Waals surface area contributed by atoms with Gasteiger partial charge < -0.3 is 14.6 Å². The fourth-order valence-electron chi connectivity index (χ4n) is 3.56.